The highest BCUT2D eigenvalue weighted by Crippen LogP contribution is 2.15. The molecule has 1 saturated heterocycles. The van der Waals surface area contributed by atoms with Crippen LogP contribution in [0.15, 0.2) is 4.52 Å². The summed E-state index contributed by atoms with van der Waals surface area (Å²) in [6, 6.07) is 0. The van der Waals surface area contributed by atoms with Gasteiger partial charge < -0.3 is 15.2 Å². The van der Waals surface area contributed by atoms with Gasteiger partial charge in [-0.05, 0) is 31.8 Å². The molecule has 0 bridgehead atoms. The van der Waals surface area contributed by atoms with Crippen LogP contribution in [-0.2, 0) is 11.3 Å². The van der Waals surface area contributed by atoms with Gasteiger partial charge in [0.2, 0.25) is 11.8 Å². The zero-order valence-corrected chi connectivity index (χ0v) is 10.0. The first-order valence-electron chi connectivity index (χ1n) is 6.00. The third kappa shape index (κ3) is 3.81. The Bertz CT molecular complexity index is 371. The number of hydrogen-bond acceptors (Lipinski definition) is 5. The van der Waals surface area contributed by atoms with E-state index in [1.165, 1.54) is 0 Å². The van der Waals surface area contributed by atoms with E-state index in [1.54, 1.807) is 6.92 Å². The maximum Gasteiger partial charge on any atom is 0.223 e. The number of aromatic nitrogens is 2. The third-order valence-corrected chi connectivity index (χ3v) is 2.95. The molecule has 0 saturated carbocycles. The van der Waals surface area contributed by atoms with Gasteiger partial charge in [0.15, 0.2) is 5.82 Å². The van der Waals surface area contributed by atoms with Gasteiger partial charge in [-0.3, -0.25) is 4.79 Å². The van der Waals surface area contributed by atoms with Gasteiger partial charge in [0.1, 0.15) is 0 Å². The van der Waals surface area contributed by atoms with Crippen LogP contribution in [-0.4, -0.2) is 29.1 Å². The summed E-state index contributed by atoms with van der Waals surface area (Å²) in [6.45, 7) is 4.11. The fraction of sp³-hybridized carbons (Fsp3) is 0.727. The topological polar surface area (TPSA) is 80.0 Å². The van der Waals surface area contributed by atoms with E-state index in [9.17, 15) is 4.79 Å². The second-order valence-electron chi connectivity index (χ2n) is 4.40. The van der Waals surface area contributed by atoms with Gasteiger partial charge in [-0.2, -0.15) is 4.98 Å². The van der Waals surface area contributed by atoms with Gasteiger partial charge in [-0.25, -0.2) is 0 Å². The molecule has 6 nitrogen and oxygen atoms in total. The number of aryl methyl sites for hydroxylation is 1. The first-order chi connectivity index (χ1) is 8.24. The van der Waals surface area contributed by atoms with Crippen LogP contribution in [0.4, 0.5) is 0 Å². The Morgan fingerprint density at radius 1 is 1.53 bits per heavy atom. The number of amides is 1. The van der Waals surface area contributed by atoms with Gasteiger partial charge in [-0.1, -0.05) is 5.16 Å². The zero-order valence-electron chi connectivity index (χ0n) is 10.0. The highest BCUT2D eigenvalue weighted by atomic mass is 16.5. The van der Waals surface area contributed by atoms with E-state index in [1.807, 2.05) is 0 Å². The van der Waals surface area contributed by atoms with Crippen LogP contribution in [0.25, 0.3) is 0 Å². The highest BCUT2D eigenvalue weighted by Gasteiger charge is 2.16. The average molecular weight is 238 g/mol. The molecule has 1 aliphatic heterocycles. The Morgan fingerprint density at radius 3 is 2.94 bits per heavy atom. The van der Waals surface area contributed by atoms with Crippen LogP contribution in [0.3, 0.4) is 0 Å². The summed E-state index contributed by atoms with van der Waals surface area (Å²) in [5.74, 6) is 1.62. The van der Waals surface area contributed by atoms with Crippen molar-refractivity contribution in [3.8, 4) is 0 Å². The van der Waals surface area contributed by atoms with Gasteiger partial charge in [0.25, 0.3) is 0 Å². The van der Waals surface area contributed by atoms with E-state index in [2.05, 4.69) is 20.8 Å². The average Bonchev–Trinajstić information content (AvgIpc) is 2.74. The number of carbonyl (C=O) groups is 1. The Hall–Kier alpha value is -1.43. The molecular weight excluding hydrogens is 220 g/mol. The first kappa shape index (κ1) is 12.0. The summed E-state index contributed by atoms with van der Waals surface area (Å²) in [6.07, 6.45) is 2.75. The molecule has 2 heterocycles. The van der Waals surface area contributed by atoms with Crippen molar-refractivity contribution in [3.63, 3.8) is 0 Å². The summed E-state index contributed by atoms with van der Waals surface area (Å²) >= 11 is 0. The molecular formula is C11H18N4O2. The van der Waals surface area contributed by atoms with Crippen molar-refractivity contribution in [3.05, 3.63) is 11.7 Å². The predicted molar refractivity (Wildman–Crippen MR) is 61.1 cm³/mol. The van der Waals surface area contributed by atoms with Crippen molar-refractivity contribution < 1.29 is 9.32 Å². The quantitative estimate of drug-likeness (QED) is 0.793. The van der Waals surface area contributed by atoms with Gasteiger partial charge in [0, 0.05) is 13.3 Å². The zero-order chi connectivity index (χ0) is 12.1. The van der Waals surface area contributed by atoms with Crippen molar-refractivity contribution in [2.24, 2.45) is 5.92 Å². The molecule has 0 aromatic carbocycles. The number of carbonyl (C=O) groups excluding carboxylic acids is 1. The lowest BCUT2D eigenvalue weighted by Crippen LogP contribution is -2.32. The summed E-state index contributed by atoms with van der Waals surface area (Å²) in [5, 5.41) is 9.82. The summed E-state index contributed by atoms with van der Waals surface area (Å²) in [7, 11) is 0. The Balaban J connectivity index is 1.70. The van der Waals surface area contributed by atoms with E-state index in [4.69, 9.17) is 4.52 Å². The molecule has 0 unspecified atom stereocenters. The summed E-state index contributed by atoms with van der Waals surface area (Å²) < 4.78 is 4.83. The predicted octanol–water partition coefficient (Wildman–Crippen LogP) is 0.384. The Morgan fingerprint density at radius 2 is 2.29 bits per heavy atom. The summed E-state index contributed by atoms with van der Waals surface area (Å²) in [4.78, 5) is 15.7. The monoisotopic (exact) mass is 238 g/mol. The van der Waals surface area contributed by atoms with Gasteiger partial charge >= 0.3 is 0 Å². The van der Waals surface area contributed by atoms with E-state index in [0.717, 1.165) is 25.9 Å². The fourth-order valence-corrected chi connectivity index (χ4v) is 2.01. The van der Waals surface area contributed by atoms with Crippen molar-refractivity contribution in [1.29, 1.82) is 0 Å². The molecule has 0 atom stereocenters. The number of nitrogens with one attached hydrogen (secondary N) is 2. The summed E-state index contributed by atoms with van der Waals surface area (Å²) in [5.41, 5.74) is 0. The Kier molecular flexibility index (Phi) is 4.08. The number of rotatable bonds is 4. The number of piperidine rings is 1. The van der Waals surface area contributed by atoms with Crippen LogP contribution < -0.4 is 10.6 Å². The van der Waals surface area contributed by atoms with Crippen molar-refractivity contribution in [2.75, 3.05) is 13.1 Å². The molecule has 2 N–H and O–H groups in total. The third-order valence-electron chi connectivity index (χ3n) is 2.95. The van der Waals surface area contributed by atoms with Crippen LogP contribution in [0, 0.1) is 12.8 Å². The van der Waals surface area contributed by atoms with E-state index >= 15 is 0 Å². The maximum atomic E-state index is 11.7. The first-order valence-corrected chi connectivity index (χ1v) is 6.00. The van der Waals surface area contributed by atoms with Crippen LogP contribution >= 0.6 is 0 Å². The molecule has 1 fully saturated rings. The van der Waals surface area contributed by atoms with E-state index in [0.29, 0.717) is 30.6 Å². The minimum Gasteiger partial charge on any atom is -0.349 e. The van der Waals surface area contributed by atoms with Crippen molar-refractivity contribution >= 4 is 5.91 Å². The van der Waals surface area contributed by atoms with Crippen LogP contribution in [0.1, 0.15) is 31.0 Å². The molecule has 0 radical (unpaired) electrons. The lowest BCUT2D eigenvalue weighted by atomic mass is 9.94. The number of hydrogen-bond donors (Lipinski definition) is 2. The molecule has 1 amide bonds. The minimum atomic E-state index is 0.0688. The highest BCUT2D eigenvalue weighted by molar-refractivity contribution is 5.76. The van der Waals surface area contributed by atoms with Crippen molar-refractivity contribution in [2.45, 2.75) is 32.7 Å². The normalized spacial score (nSPS) is 17.0. The molecule has 17 heavy (non-hydrogen) atoms. The molecule has 6 heteroatoms. The maximum absolute atomic E-state index is 11.7. The van der Waals surface area contributed by atoms with Crippen molar-refractivity contribution in [1.82, 2.24) is 20.8 Å². The molecule has 1 aromatic heterocycles. The molecule has 2 rings (SSSR count). The fourth-order valence-electron chi connectivity index (χ4n) is 2.01. The van der Waals surface area contributed by atoms with Gasteiger partial charge in [0.05, 0.1) is 6.54 Å². The second kappa shape index (κ2) is 5.77. The molecule has 1 aliphatic rings. The second-order valence-corrected chi connectivity index (χ2v) is 4.40. The Labute approximate surface area is 100 Å². The lowest BCUT2D eigenvalue weighted by Gasteiger charge is -2.21. The minimum absolute atomic E-state index is 0.0688. The largest absolute Gasteiger partial charge is 0.349 e. The van der Waals surface area contributed by atoms with E-state index < -0.39 is 0 Å². The lowest BCUT2D eigenvalue weighted by molar-refractivity contribution is -0.122. The standard InChI is InChI=1S/C11H18N4O2/c1-8-14-10(15-17-8)7-13-11(16)6-9-2-4-12-5-3-9/h9,12H,2-7H2,1H3,(H,13,16). The van der Waals surface area contributed by atoms with Crippen LogP contribution in [0.5, 0.6) is 0 Å². The molecule has 0 spiro atoms. The SMILES string of the molecule is Cc1nc(CNC(=O)CC2CCNCC2)no1. The smallest absolute Gasteiger partial charge is 0.223 e. The van der Waals surface area contributed by atoms with E-state index in [-0.39, 0.29) is 5.91 Å². The van der Waals surface area contributed by atoms with Gasteiger partial charge in [-0.15, -0.1) is 0 Å². The molecule has 1 aromatic rings. The number of nitrogens with zero attached hydrogens (tertiary/aromatic N) is 2. The van der Waals surface area contributed by atoms with Crippen LogP contribution in [0.2, 0.25) is 0 Å². The molecule has 0 aliphatic carbocycles. The molecule has 94 valence electrons.